The number of aryl methyl sites for hydroxylation is 1. The van der Waals surface area contributed by atoms with E-state index in [2.05, 4.69) is 15.6 Å². The number of hydrogen-bond acceptors (Lipinski definition) is 4. The molecule has 1 aromatic carbocycles. The highest BCUT2D eigenvalue weighted by Gasteiger charge is 2.29. The van der Waals surface area contributed by atoms with E-state index in [0.717, 1.165) is 10.5 Å². The second kappa shape index (κ2) is 6.60. The van der Waals surface area contributed by atoms with Crippen molar-refractivity contribution in [2.75, 3.05) is 10.6 Å². The van der Waals surface area contributed by atoms with Gasteiger partial charge in [-0.25, -0.2) is 4.98 Å². The number of benzene rings is 1. The van der Waals surface area contributed by atoms with Crippen molar-refractivity contribution in [1.29, 1.82) is 0 Å². The summed E-state index contributed by atoms with van der Waals surface area (Å²) in [4.78, 5) is 29.4. The lowest BCUT2D eigenvalue weighted by atomic mass is 10.2. The van der Waals surface area contributed by atoms with Crippen LogP contribution in [0, 0.1) is 6.92 Å². The Morgan fingerprint density at radius 2 is 2.26 bits per heavy atom. The van der Waals surface area contributed by atoms with Crippen LogP contribution < -0.4 is 10.6 Å². The van der Waals surface area contributed by atoms with Crippen LogP contribution >= 0.6 is 23.4 Å². The number of hydrogen-bond donors (Lipinski definition) is 2. The van der Waals surface area contributed by atoms with Gasteiger partial charge < -0.3 is 10.6 Å². The van der Waals surface area contributed by atoms with Crippen molar-refractivity contribution < 1.29 is 9.59 Å². The zero-order valence-electron chi connectivity index (χ0n) is 12.3. The summed E-state index contributed by atoms with van der Waals surface area (Å²) in [5.41, 5.74) is 1.56. The zero-order chi connectivity index (χ0) is 16.4. The van der Waals surface area contributed by atoms with E-state index in [0.29, 0.717) is 16.5 Å². The number of rotatable bonds is 3. The lowest BCUT2D eigenvalue weighted by molar-refractivity contribution is -0.120. The molecule has 7 heteroatoms. The largest absolute Gasteiger partial charge is 0.324 e. The smallest absolute Gasteiger partial charge is 0.238 e. The van der Waals surface area contributed by atoms with Crippen LogP contribution in [0.4, 0.5) is 11.5 Å². The Morgan fingerprint density at radius 3 is 3.04 bits per heavy atom. The van der Waals surface area contributed by atoms with Gasteiger partial charge in [0, 0.05) is 22.5 Å². The van der Waals surface area contributed by atoms with Crippen LogP contribution in [0.3, 0.4) is 0 Å². The van der Waals surface area contributed by atoms with Crippen LogP contribution in [-0.4, -0.2) is 22.0 Å². The average molecular weight is 348 g/mol. The van der Waals surface area contributed by atoms with Gasteiger partial charge in [0.2, 0.25) is 11.8 Å². The van der Waals surface area contributed by atoms with Gasteiger partial charge in [0.1, 0.15) is 5.82 Å². The fraction of sp³-hybridized carbons (Fsp3) is 0.188. The molecule has 1 aromatic heterocycles. The van der Waals surface area contributed by atoms with Gasteiger partial charge in [-0.2, -0.15) is 0 Å². The van der Waals surface area contributed by atoms with Crippen molar-refractivity contribution in [2.45, 2.75) is 23.5 Å². The minimum Gasteiger partial charge on any atom is -0.324 e. The quantitative estimate of drug-likeness (QED) is 0.891. The molecule has 0 fully saturated rings. The summed E-state index contributed by atoms with van der Waals surface area (Å²) in [5.74, 6) is 0.0837. The van der Waals surface area contributed by atoms with Gasteiger partial charge in [0.25, 0.3) is 0 Å². The molecule has 1 atom stereocenters. The first-order valence-electron chi connectivity index (χ1n) is 7.01. The molecule has 5 nitrogen and oxygen atoms in total. The third-order valence-electron chi connectivity index (χ3n) is 3.40. The molecule has 1 aliphatic rings. The second-order valence-corrected chi connectivity index (χ2v) is 6.84. The number of nitrogens with one attached hydrogen (secondary N) is 2. The van der Waals surface area contributed by atoms with Crippen LogP contribution in [0.25, 0.3) is 0 Å². The average Bonchev–Trinajstić information content (AvgIpc) is 2.50. The Bertz CT molecular complexity index is 782. The van der Waals surface area contributed by atoms with Crippen LogP contribution in [0.2, 0.25) is 5.02 Å². The summed E-state index contributed by atoms with van der Waals surface area (Å²) >= 11 is 7.28. The molecule has 2 amide bonds. The van der Waals surface area contributed by atoms with Gasteiger partial charge in [-0.15, -0.1) is 11.8 Å². The summed E-state index contributed by atoms with van der Waals surface area (Å²) < 4.78 is 0. The number of nitrogens with zero attached hydrogens (tertiary/aromatic N) is 1. The number of thioether (sulfide) groups is 1. The Hall–Kier alpha value is -2.05. The molecule has 0 radical (unpaired) electrons. The van der Waals surface area contributed by atoms with E-state index in [1.54, 1.807) is 24.4 Å². The maximum absolute atomic E-state index is 12.2. The highest BCUT2D eigenvalue weighted by Crippen LogP contribution is 2.38. The van der Waals surface area contributed by atoms with Crippen LogP contribution in [0.1, 0.15) is 12.0 Å². The maximum Gasteiger partial charge on any atom is 0.238 e. The molecule has 0 saturated carbocycles. The molecule has 0 saturated heterocycles. The van der Waals surface area contributed by atoms with Crippen molar-refractivity contribution in [3.63, 3.8) is 0 Å². The third kappa shape index (κ3) is 3.65. The number of amides is 2. The van der Waals surface area contributed by atoms with Gasteiger partial charge in [0.15, 0.2) is 0 Å². The minimum atomic E-state index is -0.479. The fourth-order valence-electron chi connectivity index (χ4n) is 2.23. The van der Waals surface area contributed by atoms with E-state index < -0.39 is 5.25 Å². The van der Waals surface area contributed by atoms with E-state index in [1.807, 2.05) is 19.1 Å². The van der Waals surface area contributed by atoms with Crippen molar-refractivity contribution in [3.8, 4) is 0 Å². The number of halogens is 1. The highest BCUT2D eigenvalue weighted by molar-refractivity contribution is 8.01. The van der Waals surface area contributed by atoms with Crippen LogP contribution in [-0.2, 0) is 9.59 Å². The van der Waals surface area contributed by atoms with Gasteiger partial charge in [-0.05, 0) is 36.8 Å². The van der Waals surface area contributed by atoms with Gasteiger partial charge in [-0.1, -0.05) is 17.7 Å². The zero-order valence-corrected chi connectivity index (χ0v) is 13.9. The molecule has 0 spiro atoms. The highest BCUT2D eigenvalue weighted by atomic mass is 35.5. The Labute approximate surface area is 142 Å². The molecule has 2 aromatic rings. The predicted molar refractivity (Wildman–Crippen MR) is 91.9 cm³/mol. The first-order chi connectivity index (χ1) is 11.0. The van der Waals surface area contributed by atoms with E-state index in [-0.39, 0.29) is 18.2 Å². The summed E-state index contributed by atoms with van der Waals surface area (Å²) in [6.07, 6.45) is 1.69. The molecule has 0 aliphatic carbocycles. The Balaban J connectivity index is 1.68. The number of aromatic nitrogens is 1. The number of pyridine rings is 1. The molecule has 0 bridgehead atoms. The number of fused-ring (bicyclic) bond motifs is 1. The Morgan fingerprint density at radius 1 is 1.43 bits per heavy atom. The van der Waals surface area contributed by atoms with Crippen molar-refractivity contribution in [3.05, 3.63) is 47.1 Å². The number of carbonyl (C=O) groups is 2. The topological polar surface area (TPSA) is 71.1 Å². The second-order valence-electron chi connectivity index (χ2n) is 5.16. The lowest BCUT2D eigenvalue weighted by Crippen LogP contribution is -2.32. The lowest BCUT2D eigenvalue weighted by Gasteiger charge is -2.23. The van der Waals surface area contributed by atoms with Crippen molar-refractivity contribution in [1.82, 2.24) is 4.98 Å². The standard InChI is InChI=1S/C16H14ClN3O2S/c1-9-3-2-6-18-15(9)20-14(21)8-13-16(22)19-11-7-10(17)4-5-12(11)23-13/h2-7,13H,8H2,1H3,(H,19,22)(H,18,20,21). The molecular weight excluding hydrogens is 334 g/mol. The van der Waals surface area contributed by atoms with Crippen LogP contribution in [0.5, 0.6) is 0 Å². The molecule has 2 heterocycles. The summed E-state index contributed by atoms with van der Waals surface area (Å²) in [7, 11) is 0. The van der Waals surface area contributed by atoms with Crippen molar-refractivity contribution >= 4 is 46.7 Å². The van der Waals surface area contributed by atoms with E-state index in [1.165, 1.54) is 11.8 Å². The number of carbonyl (C=O) groups excluding carboxylic acids is 2. The van der Waals surface area contributed by atoms with E-state index >= 15 is 0 Å². The molecule has 1 unspecified atom stereocenters. The summed E-state index contributed by atoms with van der Waals surface area (Å²) in [5, 5.41) is 5.62. The monoisotopic (exact) mass is 347 g/mol. The first-order valence-corrected chi connectivity index (χ1v) is 8.27. The predicted octanol–water partition coefficient (Wildman–Crippen LogP) is 3.49. The third-order valence-corrected chi connectivity index (χ3v) is 4.91. The molecular formula is C16H14ClN3O2S. The first kappa shape index (κ1) is 15.8. The molecule has 2 N–H and O–H groups in total. The normalized spacial score (nSPS) is 16.4. The molecule has 118 valence electrons. The SMILES string of the molecule is Cc1cccnc1NC(=O)CC1Sc2ccc(Cl)cc2NC1=O. The summed E-state index contributed by atoms with van der Waals surface area (Å²) in [6.45, 7) is 1.87. The van der Waals surface area contributed by atoms with Gasteiger partial charge in [0.05, 0.1) is 10.9 Å². The van der Waals surface area contributed by atoms with Gasteiger partial charge in [-0.3, -0.25) is 9.59 Å². The molecule has 3 rings (SSSR count). The Kier molecular flexibility index (Phi) is 4.54. The van der Waals surface area contributed by atoms with E-state index in [9.17, 15) is 9.59 Å². The molecule has 1 aliphatic heterocycles. The number of anilines is 2. The minimum absolute atomic E-state index is 0.0780. The van der Waals surface area contributed by atoms with E-state index in [4.69, 9.17) is 11.6 Å². The molecule has 23 heavy (non-hydrogen) atoms. The summed E-state index contributed by atoms with van der Waals surface area (Å²) in [6, 6.07) is 8.98. The van der Waals surface area contributed by atoms with Crippen molar-refractivity contribution in [2.24, 2.45) is 0 Å². The van der Waals surface area contributed by atoms with Crippen LogP contribution in [0.15, 0.2) is 41.4 Å². The fourth-order valence-corrected chi connectivity index (χ4v) is 3.49. The maximum atomic E-state index is 12.2. The van der Waals surface area contributed by atoms with Gasteiger partial charge >= 0.3 is 0 Å².